The van der Waals surface area contributed by atoms with Crippen LogP contribution >= 0.6 is 0 Å². The van der Waals surface area contributed by atoms with Crippen LogP contribution in [0, 0.1) is 5.92 Å². The van der Waals surface area contributed by atoms with Crippen LogP contribution in [0.2, 0.25) is 0 Å². The lowest BCUT2D eigenvalue weighted by molar-refractivity contribution is -0.146. The van der Waals surface area contributed by atoms with Gasteiger partial charge in [0.1, 0.15) is 12.6 Å². The molecule has 1 atom stereocenters. The Balaban J connectivity index is 1.38. The molecule has 8 nitrogen and oxygen atoms in total. The molecule has 4 rings (SSSR count). The molecule has 2 aromatic rings. The summed E-state index contributed by atoms with van der Waals surface area (Å²) in [4.78, 5) is 38.8. The van der Waals surface area contributed by atoms with Crippen LogP contribution in [-0.4, -0.2) is 67.4 Å². The third-order valence-corrected chi connectivity index (χ3v) is 6.93. The second-order valence-corrected chi connectivity index (χ2v) is 9.10. The van der Waals surface area contributed by atoms with E-state index in [0.717, 1.165) is 22.3 Å². The number of likely N-dealkylation sites (tertiary alicyclic amines) is 1. The number of carbonyl (C=O) groups excluding carboxylic acids is 2. The lowest BCUT2D eigenvalue weighted by Crippen LogP contribution is -2.51. The smallest absolute Gasteiger partial charge is 0.407 e. The molecule has 1 saturated heterocycles. The van der Waals surface area contributed by atoms with Gasteiger partial charge in [0.2, 0.25) is 5.91 Å². The minimum absolute atomic E-state index is 0.0640. The van der Waals surface area contributed by atoms with Gasteiger partial charge in [0.15, 0.2) is 0 Å². The summed E-state index contributed by atoms with van der Waals surface area (Å²) in [6.07, 6.45) is 1.20. The Hall–Kier alpha value is -3.39. The molecular formula is C27H32N2O6. The first kappa shape index (κ1) is 24.7. The van der Waals surface area contributed by atoms with Crippen LogP contribution in [0.4, 0.5) is 4.79 Å². The predicted molar refractivity (Wildman–Crippen MR) is 130 cm³/mol. The largest absolute Gasteiger partial charge is 0.481 e. The summed E-state index contributed by atoms with van der Waals surface area (Å²) in [7, 11) is 1.59. The number of fused-ring (bicyclic) bond motifs is 3. The highest BCUT2D eigenvalue weighted by atomic mass is 16.5. The monoisotopic (exact) mass is 480 g/mol. The van der Waals surface area contributed by atoms with E-state index in [4.69, 9.17) is 9.47 Å². The number of alkyl carbamates (subject to hydrolysis) is 1. The number of nitrogens with zero attached hydrogens (tertiary/aromatic N) is 1. The number of carboxylic acid groups (broad SMARTS) is 1. The summed E-state index contributed by atoms with van der Waals surface area (Å²) in [6.45, 7) is 1.37. The Labute approximate surface area is 205 Å². The van der Waals surface area contributed by atoms with Crippen molar-refractivity contribution in [2.75, 3.05) is 33.4 Å². The summed E-state index contributed by atoms with van der Waals surface area (Å²) >= 11 is 0. The second kappa shape index (κ2) is 11.4. The van der Waals surface area contributed by atoms with Crippen molar-refractivity contribution in [2.45, 2.75) is 37.6 Å². The van der Waals surface area contributed by atoms with E-state index >= 15 is 0 Å². The molecule has 2 amide bonds. The van der Waals surface area contributed by atoms with E-state index in [1.807, 2.05) is 24.3 Å². The number of benzene rings is 2. The maximum Gasteiger partial charge on any atom is 0.407 e. The Morgan fingerprint density at radius 1 is 1.03 bits per heavy atom. The van der Waals surface area contributed by atoms with Gasteiger partial charge in [-0.3, -0.25) is 9.59 Å². The molecule has 2 aromatic carbocycles. The fourth-order valence-corrected chi connectivity index (χ4v) is 5.04. The summed E-state index contributed by atoms with van der Waals surface area (Å²) in [6, 6.07) is 15.5. The van der Waals surface area contributed by atoms with Crippen LogP contribution in [0.1, 0.15) is 42.7 Å². The van der Waals surface area contributed by atoms with Gasteiger partial charge in [-0.1, -0.05) is 48.5 Å². The minimum atomic E-state index is -0.828. The molecule has 8 heteroatoms. The van der Waals surface area contributed by atoms with Gasteiger partial charge in [0, 0.05) is 32.7 Å². The summed E-state index contributed by atoms with van der Waals surface area (Å²) in [5.41, 5.74) is 4.54. The van der Waals surface area contributed by atoms with Crippen molar-refractivity contribution in [1.29, 1.82) is 0 Å². The molecule has 0 bridgehead atoms. The fraction of sp³-hybridized carbons (Fsp3) is 0.444. The maximum absolute atomic E-state index is 13.2. The van der Waals surface area contributed by atoms with Crippen molar-refractivity contribution in [3.05, 3.63) is 59.7 Å². The van der Waals surface area contributed by atoms with Crippen LogP contribution in [0.15, 0.2) is 48.5 Å². The lowest BCUT2D eigenvalue weighted by Gasteiger charge is -2.33. The predicted octanol–water partition coefficient (Wildman–Crippen LogP) is 3.64. The van der Waals surface area contributed by atoms with Crippen LogP contribution < -0.4 is 5.32 Å². The average Bonchev–Trinajstić information content (AvgIpc) is 3.20. The molecule has 2 N–H and O–H groups in total. The third kappa shape index (κ3) is 5.65. The zero-order valence-corrected chi connectivity index (χ0v) is 19.9. The fourth-order valence-electron chi connectivity index (χ4n) is 5.04. The van der Waals surface area contributed by atoms with E-state index < -0.39 is 24.0 Å². The average molecular weight is 481 g/mol. The normalized spacial score (nSPS) is 16.3. The van der Waals surface area contributed by atoms with Crippen molar-refractivity contribution >= 4 is 18.0 Å². The van der Waals surface area contributed by atoms with E-state index in [9.17, 15) is 19.5 Å². The van der Waals surface area contributed by atoms with Gasteiger partial charge in [0.05, 0.1) is 5.92 Å². The number of amides is 2. The zero-order valence-electron chi connectivity index (χ0n) is 19.9. The molecule has 1 unspecified atom stereocenters. The van der Waals surface area contributed by atoms with E-state index in [2.05, 4.69) is 29.6 Å². The summed E-state index contributed by atoms with van der Waals surface area (Å²) < 4.78 is 10.7. The van der Waals surface area contributed by atoms with Crippen molar-refractivity contribution in [1.82, 2.24) is 10.2 Å². The van der Waals surface area contributed by atoms with Crippen molar-refractivity contribution in [3.8, 4) is 11.1 Å². The number of piperidine rings is 1. The second-order valence-electron chi connectivity index (χ2n) is 9.10. The van der Waals surface area contributed by atoms with E-state index in [1.54, 1.807) is 12.0 Å². The highest BCUT2D eigenvalue weighted by Gasteiger charge is 2.33. The molecule has 1 aliphatic heterocycles. The molecule has 0 radical (unpaired) electrons. The molecule has 0 saturated carbocycles. The number of nitrogens with one attached hydrogen (secondary N) is 1. The first-order valence-corrected chi connectivity index (χ1v) is 12.1. The highest BCUT2D eigenvalue weighted by Crippen LogP contribution is 2.44. The van der Waals surface area contributed by atoms with Gasteiger partial charge in [-0.2, -0.15) is 0 Å². The number of methoxy groups -OCH3 is 1. The molecule has 2 aliphatic rings. The SMILES string of the molecule is COCCCC(NC(=O)OCC1c2ccccc2-c2ccccc21)C(=O)N1CCC(C(=O)O)CC1. The Kier molecular flexibility index (Phi) is 8.02. The number of hydrogen-bond acceptors (Lipinski definition) is 5. The van der Waals surface area contributed by atoms with Crippen LogP contribution in [0.5, 0.6) is 0 Å². The lowest BCUT2D eigenvalue weighted by atomic mass is 9.96. The first-order chi connectivity index (χ1) is 17.0. The highest BCUT2D eigenvalue weighted by molar-refractivity contribution is 5.86. The van der Waals surface area contributed by atoms with E-state index in [0.29, 0.717) is 45.4 Å². The first-order valence-electron chi connectivity index (χ1n) is 12.1. The van der Waals surface area contributed by atoms with Gasteiger partial charge >= 0.3 is 12.1 Å². The Morgan fingerprint density at radius 2 is 1.63 bits per heavy atom. The molecule has 0 spiro atoms. The van der Waals surface area contributed by atoms with E-state index in [1.165, 1.54) is 0 Å². The molecule has 0 aromatic heterocycles. The number of aliphatic carboxylic acids is 1. The molecule has 1 fully saturated rings. The van der Waals surface area contributed by atoms with E-state index in [-0.39, 0.29) is 18.4 Å². The van der Waals surface area contributed by atoms with Crippen LogP contribution in [-0.2, 0) is 19.1 Å². The zero-order chi connectivity index (χ0) is 24.8. The standard InChI is InChI=1S/C27H32N2O6/c1-34-16-6-11-24(25(30)29-14-12-18(13-15-29)26(31)32)28-27(33)35-17-23-21-9-4-2-7-19(21)20-8-3-5-10-22(20)23/h2-5,7-10,18,23-24H,6,11-17H2,1H3,(H,28,33)(H,31,32). The number of hydrogen-bond donors (Lipinski definition) is 2. The molecule has 1 aliphatic carbocycles. The van der Waals surface area contributed by atoms with Gasteiger partial charge in [0.25, 0.3) is 0 Å². The van der Waals surface area contributed by atoms with Crippen molar-refractivity contribution in [2.24, 2.45) is 5.92 Å². The maximum atomic E-state index is 13.2. The van der Waals surface area contributed by atoms with Gasteiger partial charge in [-0.05, 0) is 47.9 Å². The van der Waals surface area contributed by atoms with Gasteiger partial charge in [-0.15, -0.1) is 0 Å². The molecule has 35 heavy (non-hydrogen) atoms. The Morgan fingerprint density at radius 3 is 2.20 bits per heavy atom. The van der Waals surface area contributed by atoms with Crippen LogP contribution in [0.25, 0.3) is 11.1 Å². The summed E-state index contributed by atoms with van der Waals surface area (Å²) in [5, 5.41) is 12.0. The third-order valence-electron chi connectivity index (χ3n) is 6.93. The quantitative estimate of drug-likeness (QED) is 0.531. The number of ether oxygens (including phenoxy) is 2. The van der Waals surface area contributed by atoms with Crippen molar-refractivity contribution in [3.63, 3.8) is 0 Å². The molecule has 186 valence electrons. The number of carbonyl (C=O) groups is 3. The van der Waals surface area contributed by atoms with Crippen molar-refractivity contribution < 1.29 is 29.0 Å². The number of carboxylic acids is 1. The topological polar surface area (TPSA) is 105 Å². The van der Waals surface area contributed by atoms with Gasteiger partial charge in [-0.25, -0.2) is 4.79 Å². The van der Waals surface area contributed by atoms with Crippen LogP contribution in [0.3, 0.4) is 0 Å². The minimum Gasteiger partial charge on any atom is -0.481 e. The number of rotatable bonds is 9. The van der Waals surface area contributed by atoms with Gasteiger partial charge < -0.3 is 24.8 Å². The molecular weight excluding hydrogens is 448 g/mol. The summed E-state index contributed by atoms with van der Waals surface area (Å²) in [5.74, 6) is -1.53. The molecule has 1 heterocycles. The Bertz CT molecular complexity index is 1020.